The number of hydrogen-bond donors (Lipinski definition) is 0. The molecule has 1 aliphatic rings. The molecule has 27 heavy (non-hydrogen) atoms. The molecule has 0 amide bonds. The van der Waals surface area contributed by atoms with Gasteiger partial charge in [0, 0.05) is 0 Å². The van der Waals surface area contributed by atoms with Gasteiger partial charge >= 0.3 is 0 Å². The van der Waals surface area contributed by atoms with Gasteiger partial charge in [-0.2, -0.15) is 0 Å². The Hall–Kier alpha value is -0.980. The van der Waals surface area contributed by atoms with Crippen LogP contribution in [0.15, 0.2) is 18.2 Å². The number of benzene rings is 1. The fraction of sp³-hybridized carbons (Fsp3) is 0.769. The Morgan fingerprint density at radius 3 is 2.41 bits per heavy atom. The SMILES string of the molecule is CCCCCCCc1cc[c]cc1OCCCCCCCCC1CCCC1. The van der Waals surface area contributed by atoms with Crippen molar-refractivity contribution in [3.8, 4) is 5.75 Å². The van der Waals surface area contributed by atoms with Crippen LogP contribution in [-0.2, 0) is 6.42 Å². The van der Waals surface area contributed by atoms with Gasteiger partial charge in [0.1, 0.15) is 5.75 Å². The number of rotatable bonds is 16. The largest absolute Gasteiger partial charge is 0.493 e. The van der Waals surface area contributed by atoms with Crippen LogP contribution in [0.3, 0.4) is 0 Å². The van der Waals surface area contributed by atoms with E-state index in [-0.39, 0.29) is 0 Å². The second-order valence-electron chi connectivity index (χ2n) is 8.61. The highest BCUT2D eigenvalue weighted by molar-refractivity contribution is 5.32. The lowest BCUT2D eigenvalue weighted by Crippen LogP contribution is -2.00. The van der Waals surface area contributed by atoms with E-state index in [2.05, 4.69) is 19.1 Å². The summed E-state index contributed by atoms with van der Waals surface area (Å²) >= 11 is 0. The van der Waals surface area contributed by atoms with E-state index in [4.69, 9.17) is 4.74 Å². The Morgan fingerprint density at radius 1 is 0.889 bits per heavy atom. The molecule has 0 unspecified atom stereocenters. The quantitative estimate of drug-likeness (QED) is 0.265. The standard InChI is InChI=1S/C26H43O/c1-2-3-4-7-11-20-25-21-14-15-22-26(25)27-23-16-9-6-5-8-10-17-24-18-12-13-19-24/h14,21-22,24H,2-13,16-20,23H2,1H3. The highest BCUT2D eigenvalue weighted by Gasteiger charge is 2.13. The molecule has 2 rings (SSSR count). The maximum Gasteiger partial charge on any atom is 0.123 e. The number of aryl methyl sites for hydroxylation is 1. The summed E-state index contributed by atoms with van der Waals surface area (Å²) in [6.07, 6.45) is 23.5. The third-order valence-corrected chi connectivity index (χ3v) is 6.20. The molecule has 0 N–H and O–H groups in total. The normalized spacial score (nSPS) is 14.7. The van der Waals surface area contributed by atoms with Gasteiger partial charge in [-0.15, -0.1) is 0 Å². The maximum absolute atomic E-state index is 6.08. The first-order chi connectivity index (χ1) is 13.4. The first-order valence-electron chi connectivity index (χ1n) is 12.0. The molecule has 153 valence electrons. The molecule has 0 spiro atoms. The highest BCUT2D eigenvalue weighted by atomic mass is 16.5. The highest BCUT2D eigenvalue weighted by Crippen LogP contribution is 2.29. The molecule has 1 heteroatoms. The lowest BCUT2D eigenvalue weighted by Gasteiger charge is -2.11. The van der Waals surface area contributed by atoms with Gasteiger partial charge in [-0.1, -0.05) is 109 Å². The number of ether oxygens (including phenoxy) is 1. The van der Waals surface area contributed by atoms with Crippen molar-refractivity contribution in [2.75, 3.05) is 6.61 Å². The van der Waals surface area contributed by atoms with Crippen molar-refractivity contribution >= 4 is 0 Å². The predicted molar refractivity (Wildman–Crippen MR) is 118 cm³/mol. The van der Waals surface area contributed by atoms with Gasteiger partial charge in [0.05, 0.1) is 6.61 Å². The van der Waals surface area contributed by atoms with E-state index >= 15 is 0 Å². The molecule has 0 aromatic heterocycles. The van der Waals surface area contributed by atoms with Crippen LogP contribution < -0.4 is 4.74 Å². The molecule has 0 aliphatic heterocycles. The Balaban J connectivity index is 1.47. The van der Waals surface area contributed by atoms with Crippen molar-refractivity contribution in [2.24, 2.45) is 5.92 Å². The van der Waals surface area contributed by atoms with Crippen molar-refractivity contribution in [1.82, 2.24) is 0 Å². The van der Waals surface area contributed by atoms with Crippen molar-refractivity contribution < 1.29 is 4.74 Å². The zero-order chi connectivity index (χ0) is 19.0. The van der Waals surface area contributed by atoms with Gasteiger partial charge in [-0.3, -0.25) is 0 Å². The molecular formula is C26H43O. The van der Waals surface area contributed by atoms with Crippen LogP contribution in [0.4, 0.5) is 0 Å². The average Bonchev–Trinajstić information content (AvgIpc) is 3.21. The maximum atomic E-state index is 6.08. The molecule has 1 fully saturated rings. The minimum atomic E-state index is 0.864. The van der Waals surface area contributed by atoms with E-state index in [0.717, 1.165) is 24.7 Å². The van der Waals surface area contributed by atoms with Gasteiger partial charge in [0.2, 0.25) is 0 Å². The molecule has 0 atom stereocenters. The summed E-state index contributed by atoms with van der Waals surface area (Å²) in [5.41, 5.74) is 1.37. The molecule has 1 nitrogen and oxygen atoms in total. The Labute approximate surface area is 169 Å². The van der Waals surface area contributed by atoms with Crippen LogP contribution >= 0.6 is 0 Å². The van der Waals surface area contributed by atoms with Crippen LogP contribution in [0.2, 0.25) is 0 Å². The molecule has 0 saturated heterocycles. The fourth-order valence-corrected chi connectivity index (χ4v) is 4.43. The zero-order valence-electron chi connectivity index (χ0n) is 17.9. The van der Waals surface area contributed by atoms with Crippen LogP contribution in [0.1, 0.15) is 115 Å². The lowest BCUT2D eigenvalue weighted by atomic mass is 9.99. The summed E-state index contributed by atoms with van der Waals surface area (Å²) in [5, 5.41) is 0. The second kappa shape index (κ2) is 15.0. The Kier molecular flexibility index (Phi) is 12.4. The van der Waals surface area contributed by atoms with E-state index in [1.807, 2.05) is 12.1 Å². The minimum absolute atomic E-state index is 0.864. The lowest BCUT2D eigenvalue weighted by molar-refractivity contribution is 0.301. The molecular weight excluding hydrogens is 328 g/mol. The third-order valence-electron chi connectivity index (χ3n) is 6.20. The first kappa shape index (κ1) is 22.3. The molecule has 1 aromatic carbocycles. The minimum Gasteiger partial charge on any atom is -0.493 e. The van der Waals surface area contributed by atoms with Gasteiger partial charge in [-0.05, 0) is 42.9 Å². The predicted octanol–water partition coefficient (Wildman–Crippen LogP) is 8.30. The summed E-state index contributed by atoms with van der Waals surface area (Å²) in [6.45, 7) is 3.14. The van der Waals surface area contributed by atoms with Crippen LogP contribution in [0, 0.1) is 12.0 Å². The monoisotopic (exact) mass is 371 g/mol. The van der Waals surface area contributed by atoms with Crippen molar-refractivity contribution in [3.63, 3.8) is 0 Å². The Morgan fingerprint density at radius 2 is 1.59 bits per heavy atom. The van der Waals surface area contributed by atoms with Gasteiger partial charge in [-0.25, -0.2) is 0 Å². The van der Waals surface area contributed by atoms with E-state index in [1.54, 1.807) is 0 Å². The van der Waals surface area contributed by atoms with E-state index in [0.29, 0.717) is 0 Å². The molecule has 1 saturated carbocycles. The van der Waals surface area contributed by atoms with Crippen molar-refractivity contribution in [1.29, 1.82) is 0 Å². The van der Waals surface area contributed by atoms with Crippen LogP contribution in [0.25, 0.3) is 0 Å². The van der Waals surface area contributed by atoms with Crippen molar-refractivity contribution in [3.05, 3.63) is 29.8 Å². The summed E-state index contributed by atoms with van der Waals surface area (Å²) < 4.78 is 6.08. The van der Waals surface area contributed by atoms with E-state index in [9.17, 15) is 0 Å². The molecule has 1 radical (unpaired) electrons. The zero-order valence-corrected chi connectivity index (χ0v) is 17.9. The smallest absolute Gasteiger partial charge is 0.123 e. The van der Waals surface area contributed by atoms with E-state index < -0.39 is 0 Å². The summed E-state index contributed by atoms with van der Waals surface area (Å²) in [4.78, 5) is 0. The molecule has 1 aromatic rings. The summed E-state index contributed by atoms with van der Waals surface area (Å²) in [6, 6.07) is 9.44. The van der Waals surface area contributed by atoms with Gasteiger partial charge < -0.3 is 4.74 Å². The Bertz CT molecular complexity index is 461. The third kappa shape index (κ3) is 10.2. The first-order valence-corrected chi connectivity index (χ1v) is 12.0. The molecule has 1 aliphatic carbocycles. The van der Waals surface area contributed by atoms with E-state index in [1.165, 1.54) is 108 Å². The fourth-order valence-electron chi connectivity index (χ4n) is 4.43. The topological polar surface area (TPSA) is 9.23 Å². The number of unbranched alkanes of at least 4 members (excludes halogenated alkanes) is 9. The number of hydrogen-bond acceptors (Lipinski definition) is 1. The summed E-state index contributed by atoms with van der Waals surface area (Å²) in [7, 11) is 0. The van der Waals surface area contributed by atoms with Crippen molar-refractivity contribution in [2.45, 2.75) is 116 Å². The molecule has 0 heterocycles. The van der Waals surface area contributed by atoms with Gasteiger partial charge in [0.25, 0.3) is 0 Å². The van der Waals surface area contributed by atoms with Crippen LogP contribution in [-0.4, -0.2) is 6.61 Å². The average molecular weight is 372 g/mol. The second-order valence-corrected chi connectivity index (χ2v) is 8.61. The van der Waals surface area contributed by atoms with Gasteiger partial charge in [0.15, 0.2) is 0 Å². The molecule has 0 bridgehead atoms. The summed E-state index contributed by atoms with van der Waals surface area (Å²) in [5.74, 6) is 2.14. The van der Waals surface area contributed by atoms with Crippen LogP contribution in [0.5, 0.6) is 5.75 Å².